The van der Waals surface area contributed by atoms with Gasteiger partial charge in [-0.2, -0.15) is 5.26 Å². The van der Waals surface area contributed by atoms with Gasteiger partial charge in [0.1, 0.15) is 17.9 Å². The van der Waals surface area contributed by atoms with Crippen molar-refractivity contribution in [2.24, 2.45) is 5.92 Å². The summed E-state index contributed by atoms with van der Waals surface area (Å²) in [5, 5.41) is 21.7. The molecule has 1 aromatic heterocycles. The molecule has 3 aromatic rings. The van der Waals surface area contributed by atoms with Crippen LogP contribution in [0, 0.1) is 17.2 Å². The molecular weight excluding hydrogens is 420 g/mol. The number of aliphatic hydroxyl groups excluding tert-OH is 1. The number of carbonyl (C=O) groups excluding carboxylic acids is 2. The van der Waals surface area contributed by atoms with Crippen LogP contribution >= 0.6 is 0 Å². The van der Waals surface area contributed by atoms with Crippen molar-refractivity contribution < 1.29 is 19.1 Å². The van der Waals surface area contributed by atoms with Gasteiger partial charge >= 0.3 is 0 Å². The fourth-order valence-corrected chi connectivity index (χ4v) is 4.30. The minimum atomic E-state index is -1.09. The molecule has 5 rings (SSSR count). The largest absolute Gasteiger partial charge is 0.467 e. The summed E-state index contributed by atoms with van der Waals surface area (Å²) in [4.78, 5) is 28.0. The summed E-state index contributed by atoms with van der Waals surface area (Å²) in [6.45, 7) is 0. The number of anilines is 2. The van der Waals surface area contributed by atoms with Gasteiger partial charge < -0.3 is 14.9 Å². The normalized spacial score (nSPS) is 23.3. The summed E-state index contributed by atoms with van der Waals surface area (Å²) in [7, 11) is 0. The van der Waals surface area contributed by atoms with Gasteiger partial charge in [0.2, 0.25) is 5.91 Å². The van der Waals surface area contributed by atoms with Crippen LogP contribution in [0.15, 0.2) is 89.6 Å². The van der Waals surface area contributed by atoms with Crippen molar-refractivity contribution in [2.75, 3.05) is 10.3 Å². The number of nitrogens with one attached hydrogen (secondary N) is 1. The molecule has 3 heterocycles. The van der Waals surface area contributed by atoms with Crippen LogP contribution in [0.2, 0.25) is 0 Å². The molecule has 0 aliphatic carbocycles. The summed E-state index contributed by atoms with van der Waals surface area (Å²) in [5.41, 5.74) is 4.79. The van der Waals surface area contributed by atoms with E-state index in [0.29, 0.717) is 22.7 Å². The zero-order valence-electron chi connectivity index (χ0n) is 17.4. The maximum absolute atomic E-state index is 13.5. The number of amides is 2. The maximum Gasteiger partial charge on any atom is 0.254 e. The quantitative estimate of drug-likeness (QED) is 0.464. The zero-order chi connectivity index (χ0) is 22.9. The van der Waals surface area contributed by atoms with Crippen molar-refractivity contribution >= 4 is 23.2 Å². The number of carbonyl (C=O) groups is 2. The predicted molar refractivity (Wildman–Crippen MR) is 119 cm³/mol. The molecule has 0 radical (unpaired) electrons. The highest BCUT2D eigenvalue weighted by atomic mass is 16.4. The SMILES string of the molecule is N#Cc1ccc(NN2C(C(O)c3ccco3)C=CC3C(=O)N(c4ccccc4)C(=O)C32)cc1. The van der Waals surface area contributed by atoms with Crippen LogP contribution in [0.3, 0.4) is 0 Å². The maximum atomic E-state index is 13.5. The van der Waals surface area contributed by atoms with E-state index in [4.69, 9.17) is 9.68 Å². The zero-order valence-corrected chi connectivity index (χ0v) is 17.4. The third-order valence-electron chi connectivity index (χ3n) is 5.90. The number of para-hydroxylation sites is 1. The second-order valence-corrected chi connectivity index (χ2v) is 7.86. The summed E-state index contributed by atoms with van der Waals surface area (Å²) >= 11 is 0. The van der Waals surface area contributed by atoms with Crippen LogP contribution in [-0.2, 0) is 9.59 Å². The Morgan fingerprint density at radius 1 is 0.970 bits per heavy atom. The molecule has 1 saturated heterocycles. The van der Waals surface area contributed by atoms with E-state index in [1.54, 1.807) is 77.8 Å². The monoisotopic (exact) mass is 440 g/mol. The fraction of sp³-hybridized carbons (Fsp3) is 0.160. The average molecular weight is 440 g/mol. The second-order valence-electron chi connectivity index (χ2n) is 7.86. The Bertz CT molecular complexity index is 1230. The smallest absolute Gasteiger partial charge is 0.254 e. The Labute approximate surface area is 189 Å². The summed E-state index contributed by atoms with van der Waals surface area (Å²) in [6.07, 6.45) is 3.77. The Kier molecular flexibility index (Phi) is 5.26. The summed E-state index contributed by atoms with van der Waals surface area (Å²) in [6, 6.07) is 19.3. The Morgan fingerprint density at radius 3 is 2.39 bits per heavy atom. The van der Waals surface area contributed by atoms with E-state index in [0.717, 1.165) is 0 Å². The highest BCUT2D eigenvalue weighted by molar-refractivity contribution is 6.24. The third kappa shape index (κ3) is 3.59. The van der Waals surface area contributed by atoms with Gasteiger partial charge in [-0.1, -0.05) is 30.4 Å². The molecular formula is C25H20N4O4. The number of hydrogen-bond donors (Lipinski definition) is 2. The van der Waals surface area contributed by atoms with Gasteiger partial charge in [0.25, 0.3) is 5.91 Å². The molecule has 8 nitrogen and oxygen atoms in total. The van der Waals surface area contributed by atoms with Crippen LogP contribution in [0.5, 0.6) is 0 Å². The minimum absolute atomic E-state index is 0.329. The first-order chi connectivity index (χ1) is 16.1. The number of aliphatic hydroxyl groups is 1. The topological polar surface area (TPSA) is 110 Å². The highest BCUT2D eigenvalue weighted by Crippen LogP contribution is 2.38. The number of rotatable bonds is 5. The molecule has 2 aromatic carbocycles. The van der Waals surface area contributed by atoms with Crippen molar-refractivity contribution in [1.29, 1.82) is 5.26 Å². The number of hydrazine groups is 1. The van der Waals surface area contributed by atoms with Gasteiger partial charge in [-0.05, 0) is 48.5 Å². The van der Waals surface area contributed by atoms with Crippen LogP contribution in [0.4, 0.5) is 11.4 Å². The number of furan rings is 1. The molecule has 2 N–H and O–H groups in total. The lowest BCUT2D eigenvalue weighted by molar-refractivity contribution is -0.123. The van der Waals surface area contributed by atoms with E-state index >= 15 is 0 Å². The molecule has 33 heavy (non-hydrogen) atoms. The van der Waals surface area contributed by atoms with Gasteiger partial charge in [0, 0.05) is 5.69 Å². The van der Waals surface area contributed by atoms with Gasteiger partial charge in [-0.3, -0.25) is 9.59 Å². The van der Waals surface area contributed by atoms with E-state index in [9.17, 15) is 14.7 Å². The van der Waals surface area contributed by atoms with Crippen molar-refractivity contribution in [3.8, 4) is 6.07 Å². The fourth-order valence-electron chi connectivity index (χ4n) is 4.30. The van der Waals surface area contributed by atoms with Gasteiger partial charge in [0.15, 0.2) is 0 Å². The highest BCUT2D eigenvalue weighted by Gasteiger charge is 2.54. The molecule has 0 saturated carbocycles. The van der Waals surface area contributed by atoms with Crippen LogP contribution in [0.1, 0.15) is 17.4 Å². The van der Waals surface area contributed by atoms with Crippen LogP contribution in [-0.4, -0.2) is 34.0 Å². The number of imide groups is 1. The molecule has 2 amide bonds. The number of nitrogens with zero attached hydrogens (tertiary/aromatic N) is 3. The van der Waals surface area contributed by atoms with Gasteiger partial charge in [0.05, 0.1) is 35.5 Å². The standard InChI is InChI=1S/C25H20N4O4/c26-15-16-8-10-17(11-9-16)27-29-20(23(30)21-7-4-14-33-21)13-12-19-22(29)25(32)28(24(19)31)18-5-2-1-3-6-18/h1-14,19-20,22-23,27,30H. The number of hydrogen-bond acceptors (Lipinski definition) is 7. The first kappa shape index (κ1) is 20.7. The first-order valence-corrected chi connectivity index (χ1v) is 10.5. The van der Waals surface area contributed by atoms with Gasteiger partial charge in [-0.15, -0.1) is 0 Å². The molecule has 4 atom stereocenters. The number of nitriles is 1. The first-order valence-electron chi connectivity index (χ1n) is 10.5. The lowest BCUT2D eigenvalue weighted by Gasteiger charge is -2.40. The number of fused-ring (bicyclic) bond motifs is 1. The predicted octanol–water partition coefficient (Wildman–Crippen LogP) is 3.01. The Morgan fingerprint density at radius 2 is 1.73 bits per heavy atom. The van der Waals surface area contributed by atoms with Crippen LogP contribution in [0.25, 0.3) is 0 Å². The van der Waals surface area contributed by atoms with E-state index in [1.165, 1.54) is 11.2 Å². The molecule has 164 valence electrons. The molecule has 2 aliphatic rings. The van der Waals surface area contributed by atoms with Crippen LogP contribution < -0.4 is 10.3 Å². The molecule has 4 unspecified atom stereocenters. The number of benzene rings is 2. The molecule has 0 bridgehead atoms. The van der Waals surface area contributed by atoms with Crippen molar-refractivity contribution in [3.63, 3.8) is 0 Å². The molecule has 2 aliphatic heterocycles. The molecule has 0 spiro atoms. The summed E-state index contributed by atoms with van der Waals surface area (Å²) in [5.74, 6) is -1.10. The Hall–Kier alpha value is -4.19. The van der Waals surface area contributed by atoms with E-state index in [2.05, 4.69) is 11.5 Å². The lowest BCUT2D eigenvalue weighted by atomic mass is 9.92. The van der Waals surface area contributed by atoms with Crippen molar-refractivity contribution in [1.82, 2.24) is 5.01 Å². The molecule has 8 heteroatoms. The van der Waals surface area contributed by atoms with Crippen molar-refractivity contribution in [2.45, 2.75) is 18.2 Å². The minimum Gasteiger partial charge on any atom is -0.467 e. The average Bonchev–Trinajstić information content (AvgIpc) is 3.47. The Balaban J connectivity index is 1.54. The van der Waals surface area contributed by atoms with E-state index in [1.807, 2.05) is 6.07 Å². The molecule has 1 fully saturated rings. The van der Waals surface area contributed by atoms with E-state index in [-0.39, 0.29) is 5.91 Å². The lowest BCUT2D eigenvalue weighted by Crippen LogP contribution is -2.55. The summed E-state index contributed by atoms with van der Waals surface area (Å²) < 4.78 is 5.39. The van der Waals surface area contributed by atoms with E-state index < -0.39 is 30.0 Å². The second kappa shape index (κ2) is 8.39. The van der Waals surface area contributed by atoms with Gasteiger partial charge in [-0.25, -0.2) is 9.91 Å². The van der Waals surface area contributed by atoms with Crippen molar-refractivity contribution in [3.05, 3.63) is 96.5 Å². The third-order valence-corrected chi connectivity index (χ3v) is 5.90.